The molecule has 0 heterocycles. The van der Waals surface area contributed by atoms with Crippen LogP contribution in [0.5, 0.6) is 0 Å². The number of aliphatic hydroxyl groups excluding tert-OH is 1. The van der Waals surface area contributed by atoms with E-state index >= 15 is 0 Å². The summed E-state index contributed by atoms with van der Waals surface area (Å²) in [6, 6.07) is 1.66. The summed E-state index contributed by atoms with van der Waals surface area (Å²) in [7, 11) is -3.72. The SMILES string of the molecule is Cc1cc(Cl)c(C)c(S(=O)(=O)NCC2CCC(O)C2)c1Cl. The molecule has 1 aliphatic rings. The molecule has 1 saturated carbocycles. The van der Waals surface area contributed by atoms with E-state index in [-0.39, 0.29) is 21.9 Å². The monoisotopic (exact) mass is 351 g/mol. The number of nitrogens with one attached hydrogen (secondary N) is 1. The van der Waals surface area contributed by atoms with Crippen molar-refractivity contribution in [1.82, 2.24) is 4.72 Å². The molecular weight excluding hydrogens is 333 g/mol. The van der Waals surface area contributed by atoms with Crippen LogP contribution >= 0.6 is 23.2 Å². The third-order valence-electron chi connectivity index (χ3n) is 3.93. The largest absolute Gasteiger partial charge is 0.393 e. The Morgan fingerprint density at radius 2 is 2.00 bits per heavy atom. The lowest BCUT2D eigenvalue weighted by atomic mass is 10.1. The fourth-order valence-corrected chi connectivity index (χ4v) is 4.99. The van der Waals surface area contributed by atoms with E-state index < -0.39 is 10.0 Å². The second-order valence-electron chi connectivity index (χ2n) is 5.63. The normalized spacial score (nSPS) is 22.7. The molecular formula is C14H19Cl2NO3S. The molecule has 7 heteroatoms. The van der Waals surface area contributed by atoms with Crippen LogP contribution in [-0.2, 0) is 10.0 Å². The molecule has 4 nitrogen and oxygen atoms in total. The van der Waals surface area contributed by atoms with Crippen molar-refractivity contribution in [1.29, 1.82) is 0 Å². The van der Waals surface area contributed by atoms with Gasteiger partial charge in [0.05, 0.1) is 11.1 Å². The standard InChI is InChI=1S/C14H19Cl2NO3S/c1-8-5-12(15)9(2)14(13(8)16)21(19,20)17-7-10-3-4-11(18)6-10/h5,10-11,17-18H,3-4,6-7H2,1-2H3. The van der Waals surface area contributed by atoms with Gasteiger partial charge in [-0.15, -0.1) is 0 Å². The van der Waals surface area contributed by atoms with E-state index in [1.165, 1.54) is 0 Å². The predicted molar refractivity (Wildman–Crippen MR) is 84.5 cm³/mol. The highest BCUT2D eigenvalue weighted by molar-refractivity contribution is 7.89. The molecule has 0 radical (unpaired) electrons. The molecule has 2 rings (SSSR count). The quantitative estimate of drug-likeness (QED) is 0.875. The van der Waals surface area contributed by atoms with E-state index in [1.54, 1.807) is 19.9 Å². The number of hydrogen-bond donors (Lipinski definition) is 2. The van der Waals surface area contributed by atoms with Crippen molar-refractivity contribution in [3.8, 4) is 0 Å². The van der Waals surface area contributed by atoms with Crippen LogP contribution in [0.25, 0.3) is 0 Å². The maximum Gasteiger partial charge on any atom is 0.242 e. The van der Waals surface area contributed by atoms with Crippen LogP contribution in [0.4, 0.5) is 0 Å². The Morgan fingerprint density at radius 3 is 2.57 bits per heavy atom. The van der Waals surface area contributed by atoms with Crippen molar-refractivity contribution in [3.05, 3.63) is 27.2 Å². The Bertz CT molecular complexity index is 620. The van der Waals surface area contributed by atoms with Gasteiger partial charge >= 0.3 is 0 Å². The highest BCUT2D eigenvalue weighted by Crippen LogP contribution is 2.33. The molecule has 2 N–H and O–H groups in total. The molecule has 1 aromatic rings. The summed E-state index contributed by atoms with van der Waals surface area (Å²) >= 11 is 12.2. The first kappa shape index (κ1) is 17.0. The van der Waals surface area contributed by atoms with Crippen molar-refractivity contribution in [2.75, 3.05) is 6.54 Å². The van der Waals surface area contributed by atoms with Gasteiger partial charge in [0.1, 0.15) is 4.90 Å². The smallest absolute Gasteiger partial charge is 0.242 e. The number of rotatable bonds is 4. The summed E-state index contributed by atoms with van der Waals surface area (Å²) in [5, 5.41) is 10.1. The average molecular weight is 352 g/mol. The molecule has 0 bridgehead atoms. The zero-order chi connectivity index (χ0) is 15.8. The lowest BCUT2D eigenvalue weighted by molar-refractivity contribution is 0.178. The third-order valence-corrected chi connectivity index (χ3v) is 6.52. The van der Waals surface area contributed by atoms with E-state index in [0.717, 1.165) is 12.8 Å². The first-order valence-corrected chi connectivity index (χ1v) is 9.09. The number of sulfonamides is 1. The Kier molecular flexibility index (Phi) is 5.21. The molecule has 1 aliphatic carbocycles. The number of benzene rings is 1. The molecule has 0 aliphatic heterocycles. The topological polar surface area (TPSA) is 66.4 Å². The molecule has 118 valence electrons. The zero-order valence-corrected chi connectivity index (χ0v) is 14.3. The van der Waals surface area contributed by atoms with Crippen molar-refractivity contribution in [2.24, 2.45) is 5.92 Å². The van der Waals surface area contributed by atoms with Crippen LogP contribution in [0.2, 0.25) is 10.0 Å². The van der Waals surface area contributed by atoms with Crippen molar-refractivity contribution in [3.63, 3.8) is 0 Å². The predicted octanol–water partition coefficient (Wildman–Crippen LogP) is 3.05. The molecule has 2 unspecified atom stereocenters. The Hall–Kier alpha value is -0.330. The molecule has 21 heavy (non-hydrogen) atoms. The minimum absolute atomic E-state index is 0.0488. The molecule has 0 amide bonds. The lowest BCUT2D eigenvalue weighted by Crippen LogP contribution is -2.29. The highest BCUT2D eigenvalue weighted by atomic mass is 35.5. The van der Waals surface area contributed by atoms with Gasteiger partial charge in [0, 0.05) is 11.6 Å². The van der Waals surface area contributed by atoms with Gasteiger partial charge in [-0.2, -0.15) is 0 Å². The molecule has 2 atom stereocenters. The summed E-state index contributed by atoms with van der Waals surface area (Å²) in [5.74, 6) is 0.161. The zero-order valence-electron chi connectivity index (χ0n) is 12.0. The lowest BCUT2D eigenvalue weighted by Gasteiger charge is -2.16. The molecule has 0 aromatic heterocycles. The van der Waals surface area contributed by atoms with E-state index in [2.05, 4.69) is 4.72 Å². The molecule has 1 aromatic carbocycles. The molecule has 0 saturated heterocycles. The molecule has 0 spiro atoms. The van der Waals surface area contributed by atoms with Crippen LogP contribution in [0.3, 0.4) is 0 Å². The van der Waals surface area contributed by atoms with Crippen molar-refractivity contribution >= 4 is 33.2 Å². The van der Waals surface area contributed by atoms with Crippen LogP contribution in [0, 0.1) is 19.8 Å². The van der Waals surface area contributed by atoms with Crippen LogP contribution in [0.15, 0.2) is 11.0 Å². The first-order valence-electron chi connectivity index (χ1n) is 6.85. The van der Waals surface area contributed by atoms with E-state index in [4.69, 9.17) is 23.2 Å². The van der Waals surface area contributed by atoms with Gasteiger partial charge in [-0.25, -0.2) is 13.1 Å². The van der Waals surface area contributed by atoms with Gasteiger partial charge in [0.2, 0.25) is 10.0 Å². The average Bonchev–Trinajstić information content (AvgIpc) is 2.80. The maximum absolute atomic E-state index is 12.5. The Morgan fingerprint density at radius 1 is 1.33 bits per heavy atom. The maximum atomic E-state index is 12.5. The molecule has 1 fully saturated rings. The van der Waals surface area contributed by atoms with Gasteiger partial charge in [0.25, 0.3) is 0 Å². The second kappa shape index (κ2) is 6.42. The summed E-state index contributed by atoms with van der Waals surface area (Å²) in [5.41, 5.74) is 1.08. The minimum Gasteiger partial charge on any atom is -0.393 e. The van der Waals surface area contributed by atoms with Crippen LogP contribution in [-0.4, -0.2) is 26.2 Å². The number of halogens is 2. The number of hydrogen-bond acceptors (Lipinski definition) is 3. The van der Waals surface area contributed by atoms with E-state index in [0.29, 0.717) is 29.1 Å². The second-order valence-corrected chi connectivity index (χ2v) is 8.12. The van der Waals surface area contributed by atoms with Crippen LogP contribution in [0.1, 0.15) is 30.4 Å². The van der Waals surface area contributed by atoms with E-state index in [9.17, 15) is 13.5 Å². The van der Waals surface area contributed by atoms with Gasteiger partial charge in [-0.1, -0.05) is 23.2 Å². The fourth-order valence-electron chi connectivity index (χ4n) is 2.67. The Balaban J connectivity index is 2.24. The van der Waals surface area contributed by atoms with Crippen molar-refractivity contribution in [2.45, 2.75) is 44.1 Å². The summed E-state index contributed by atoms with van der Waals surface area (Å²) < 4.78 is 27.6. The third kappa shape index (κ3) is 3.71. The van der Waals surface area contributed by atoms with Gasteiger partial charge in [-0.05, 0) is 56.2 Å². The number of aliphatic hydroxyl groups is 1. The van der Waals surface area contributed by atoms with Gasteiger partial charge in [-0.3, -0.25) is 0 Å². The van der Waals surface area contributed by atoms with Gasteiger partial charge in [0.15, 0.2) is 0 Å². The van der Waals surface area contributed by atoms with E-state index in [1.807, 2.05) is 0 Å². The van der Waals surface area contributed by atoms with Crippen molar-refractivity contribution < 1.29 is 13.5 Å². The highest BCUT2D eigenvalue weighted by Gasteiger charge is 2.27. The summed E-state index contributed by atoms with van der Waals surface area (Å²) in [4.78, 5) is 0.0488. The first-order chi connectivity index (χ1) is 9.72. The fraction of sp³-hybridized carbons (Fsp3) is 0.571. The number of aryl methyl sites for hydroxylation is 1. The van der Waals surface area contributed by atoms with Gasteiger partial charge < -0.3 is 5.11 Å². The Labute approximate surface area is 135 Å². The summed E-state index contributed by atoms with van der Waals surface area (Å²) in [6.07, 6.45) is 1.86. The summed E-state index contributed by atoms with van der Waals surface area (Å²) in [6.45, 7) is 3.67. The minimum atomic E-state index is -3.72. The van der Waals surface area contributed by atoms with Crippen LogP contribution < -0.4 is 4.72 Å².